The molecule has 0 aromatic rings. The second kappa shape index (κ2) is 3.41. The molecular weight excluding hydrogens is 176 g/mol. The Hall–Kier alpha value is -0.790. The van der Waals surface area contributed by atoms with Gasteiger partial charge >= 0.3 is 5.97 Å². The van der Waals surface area contributed by atoms with E-state index in [2.05, 4.69) is 19.1 Å². The number of carbonyl (C=O) groups excluding carboxylic acids is 1. The zero-order valence-corrected chi connectivity index (χ0v) is 8.95. The predicted octanol–water partition coefficient (Wildman–Crippen LogP) is 2.54. The van der Waals surface area contributed by atoms with Gasteiger partial charge in [-0.25, -0.2) is 0 Å². The van der Waals surface area contributed by atoms with E-state index < -0.39 is 0 Å². The van der Waals surface area contributed by atoms with Crippen molar-refractivity contribution in [2.45, 2.75) is 33.1 Å². The molecule has 0 aromatic heterocycles. The molecule has 1 saturated carbocycles. The summed E-state index contributed by atoms with van der Waals surface area (Å²) in [4.78, 5) is 11.9. The Bertz CT molecular complexity index is 269. The van der Waals surface area contributed by atoms with Gasteiger partial charge in [-0.2, -0.15) is 0 Å². The van der Waals surface area contributed by atoms with Crippen molar-refractivity contribution in [2.75, 3.05) is 6.61 Å². The number of carbonyl (C=O) groups is 1. The highest BCUT2D eigenvalue weighted by atomic mass is 16.5. The lowest BCUT2D eigenvalue weighted by Crippen LogP contribution is -2.36. The van der Waals surface area contributed by atoms with Crippen LogP contribution in [0.4, 0.5) is 0 Å². The summed E-state index contributed by atoms with van der Waals surface area (Å²) in [7, 11) is 0. The first-order valence-corrected chi connectivity index (χ1v) is 5.58. The summed E-state index contributed by atoms with van der Waals surface area (Å²) < 4.78 is 5.20. The fourth-order valence-corrected chi connectivity index (χ4v) is 3.02. The molecule has 0 aromatic carbocycles. The van der Waals surface area contributed by atoms with Gasteiger partial charge in [-0.15, -0.1) is 0 Å². The van der Waals surface area contributed by atoms with Gasteiger partial charge in [-0.3, -0.25) is 4.79 Å². The van der Waals surface area contributed by atoms with Gasteiger partial charge in [0.2, 0.25) is 0 Å². The summed E-state index contributed by atoms with van der Waals surface area (Å²) in [6.07, 6.45) is 7.56. The molecule has 0 amide bonds. The van der Waals surface area contributed by atoms with E-state index in [1.165, 1.54) is 0 Å². The molecule has 14 heavy (non-hydrogen) atoms. The van der Waals surface area contributed by atoms with Crippen LogP contribution in [0, 0.1) is 17.3 Å². The van der Waals surface area contributed by atoms with Crippen molar-refractivity contribution in [3.8, 4) is 0 Å². The van der Waals surface area contributed by atoms with E-state index in [4.69, 9.17) is 4.74 Å². The van der Waals surface area contributed by atoms with Crippen molar-refractivity contribution < 1.29 is 9.53 Å². The maximum atomic E-state index is 11.9. The van der Waals surface area contributed by atoms with Crippen LogP contribution in [0.1, 0.15) is 33.1 Å². The molecular formula is C12H18O2. The molecule has 2 bridgehead atoms. The third-order valence-electron chi connectivity index (χ3n) is 3.82. The van der Waals surface area contributed by atoms with Gasteiger partial charge in [0.1, 0.15) is 0 Å². The van der Waals surface area contributed by atoms with Crippen LogP contribution in [0.3, 0.4) is 0 Å². The molecule has 0 aliphatic heterocycles. The van der Waals surface area contributed by atoms with Gasteiger partial charge in [0.25, 0.3) is 0 Å². The van der Waals surface area contributed by atoms with Crippen LogP contribution in [-0.4, -0.2) is 12.6 Å². The van der Waals surface area contributed by atoms with Gasteiger partial charge in [-0.1, -0.05) is 19.1 Å². The van der Waals surface area contributed by atoms with Gasteiger partial charge < -0.3 is 4.74 Å². The summed E-state index contributed by atoms with van der Waals surface area (Å²) in [6, 6.07) is 0. The van der Waals surface area contributed by atoms with Gasteiger partial charge in [0.15, 0.2) is 0 Å². The van der Waals surface area contributed by atoms with Crippen LogP contribution in [0.25, 0.3) is 0 Å². The van der Waals surface area contributed by atoms with Crippen LogP contribution >= 0.6 is 0 Å². The molecule has 2 aliphatic rings. The molecule has 2 nitrogen and oxygen atoms in total. The highest BCUT2D eigenvalue weighted by Gasteiger charge is 2.53. The Morgan fingerprint density at radius 2 is 2.29 bits per heavy atom. The highest BCUT2D eigenvalue weighted by Crippen LogP contribution is 2.54. The Morgan fingerprint density at radius 3 is 2.71 bits per heavy atom. The zero-order valence-electron chi connectivity index (χ0n) is 8.95. The van der Waals surface area contributed by atoms with Crippen LogP contribution in [0.5, 0.6) is 0 Å². The van der Waals surface area contributed by atoms with Crippen LogP contribution in [0.2, 0.25) is 0 Å². The third kappa shape index (κ3) is 1.20. The van der Waals surface area contributed by atoms with Crippen molar-refractivity contribution in [3.05, 3.63) is 12.2 Å². The highest BCUT2D eigenvalue weighted by molar-refractivity contribution is 5.78. The summed E-state index contributed by atoms with van der Waals surface area (Å²) in [6.45, 7) is 4.48. The van der Waals surface area contributed by atoms with E-state index in [-0.39, 0.29) is 11.4 Å². The summed E-state index contributed by atoms with van der Waals surface area (Å²) >= 11 is 0. The first-order chi connectivity index (χ1) is 6.73. The quantitative estimate of drug-likeness (QED) is 0.510. The molecule has 3 atom stereocenters. The maximum absolute atomic E-state index is 11.9. The Balaban J connectivity index is 2.19. The second-order valence-corrected chi connectivity index (χ2v) is 4.42. The standard InChI is InChI=1S/C12H18O2/c1-3-12(11(13)14-4-2)8-9-5-6-10(12)7-9/h5-6,9-10H,3-4,7-8H2,1-2H3. The van der Waals surface area contributed by atoms with Gasteiger partial charge in [-0.05, 0) is 38.0 Å². The molecule has 1 fully saturated rings. The molecule has 0 spiro atoms. The van der Waals surface area contributed by atoms with Crippen molar-refractivity contribution in [3.63, 3.8) is 0 Å². The largest absolute Gasteiger partial charge is 0.466 e. The summed E-state index contributed by atoms with van der Waals surface area (Å²) in [5.41, 5.74) is -0.185. The van der Waals surface area contributed by atoms with E-state index in [1.54, 1.807) is 0 Å². The Morgan fingerprint density at radius 1 is 1.50 bits per heavy atom. The van der Waals surface area contributed by atoms with Crippen molar-refractivity contribution in [2.24, 2.45) is 17.3 Å². The fourth-order valence-electron chi connectivity index (χ4n) is 3.02. The van der Waals surface area contributed by atoms with E-state index >= 15 is 0 Å². The summed E-state index contributed by atoms with van der Waals surface area (Å²) in [5, 5.41) is 0. The number of hydrogen-bond acceptors (Lipinski definition) is 2. The van der Waals surface area contributed by atoms with E-state index in [0.717, 1.165) is 19.3 Å². The first kappa shape index (κ1) is 9.75. The number of rotatable bonds is 3. The topological polar surface area (TPSA) is 26.3 Å². The van der Waals surface area contributed by atoms with Crippen LogP contribution in [0.15, 0.2) is 12.2 Å². The van der Waals surface area contributed by atoms with E-state index in [1.807, 2.05) is 6.92 Å². The molecule has 0 heterocycles. The van der Waals surface area contributed by atoms with Crippen molar-refractivity contribution in [1.82, 2.24) is 0 Å². The van der Waals surface area contributed by atoms with E-state index in [0.29, 0.717) is 18.4 Å². The Labute approximate surface area is 85.3 Å². The number of allylic oxidation sites excluding steroid dienone is 2. The van der Waals surface area contributed by atoms with E-state index in [9.17, 15) is 4.79 Å². The molecule has 2 rings (SSSR count). The zero-order chi connectivity index (χ0) is 10.2. The summed E-state index contributed by atoms with van der Waals surface area (Å²) in [5.74, 6) is 1.10. The molecule has 0 saturated heterocycles. The third-order valence-corrected chi connectivity index (χ3v) is 3.82. The SMILES string of the molecule is CCOC(=O)C1(CC)CC2C=CC1C2. The minimum Gasteiger partial charge on any atom is -0.466 e. The van der Waals surface area contributed by atoms with Crippen molar-refractivity contribution >= 4 is 5.97 Å². The normalized spacial score (nSPS) is 39.0. The maximum Gasteiger partial charge on any atom is 0.312 e. The van der Waals surface area contributed by atoms with Crippen LogP contribution < -0.4 is 0 Å². The first-order valence-electron chi connectivity index (χ1n) is 5.58. The molecule has 2 heteroatoms. The minimum absolute atomic E-state index is 0.0272. The second-order valence-electron chi connectivity index (χ2n) is 4.42. The number of esters is 1. The minimum atomic E-state index is -0.185. The molecule has 0 N–H and O–H groups in total. The Kier molecular flexibility index (Phi) is 2.38. The lowest BCUT2D eigenvalue weighted by atomic mass is 9.74. The number of fused-ring (bicyclic) bond motifs is 2. The fraction of sp³-hybridized carbons (Fsp3) is 0.750. The van der Waals surface area contributed by atoms with Gasteiger partial charge in [0.05, 0.1) is 12.0 Å². The molecule has 0 radical (unpaired) electrons. The lowest BCUT2D eigenvalue weighted by Gasteiger charge is -2.31. The van der Waals surface area contributed by atoms with Crippen molar-refractivity contribution in [1.29, 1.82) is 0 Å². The molecule has 2 aliphatic carbocycles. The monoisotopic (exact) mass is 194 g/mol. The number of ether oxygens (including phenoxy) is 1. The average molecular weight is 194 g/mol. The lowest BCUT2D eigenvalue weighted by molar-refractivity contribution is -0.157. The molecule has 3 unspecified atom stereocenters. The van der Waals surface area contributed by atoms with Crippen LogP contribution in [-0.2, 0) is 9.53 Å². The smallest absolute Gasteiger partial charge is 0.312 e. The number of hydrogen-bond donors (Lipinski definition) is 0. The molecule has 78 valence electrons. The predicted molar refractivity (Wildman–Crippen MR) is 54.7 cm³/mol. The van der Waals surface area contributed by atoms with Gasteiger partial charge in [0, 0.05) is 0 Å². The average Bonchev–Trinajstić information content (AvgIpc) is 2.77.